The molecule has 0 unspecified atom stereocenters. The molecule has 1 aliphatic rings. The van der Waals surface area contributed by atoms with Gasteiger partial charge in [-0.15, -0.1) is 0 Å². The number of anilines is 2. The number of hydrogen-bond acceptors (Lipinski definition) is 4. The van der Waals surface area contributed by atoms with Gasteiger partial charge in [-0.1, -0.05) is 26.0 Å². The normalized spacial score (nSPS) is 13.0. The molecule has 7 nitrogen and oxygen atoms in total. The largest absolute Gasteiger partial charge is 0.321 e. The Morgan fingerprint density at radius 2 is 1.70 bits per heavy atom. The minimum absolute atomic E-state index is 0.151. The van der Waals surface area contributed by atoms with Crippen LogP contribution in [0.5, 0.6) is 0 Å². The molecule has 0 fully saturated rings. The van der Waals surface area contributed by atoms with Crippen LogP contribution in [-0.4, -0.2) is 37.6 Å². The van der Waals surface area contributed by atoms with Crippen molar-refractivity contribution in [3.63, 3.8) is 0 Å². The van der Waals surface area contributed by atoms with Crippen molar-refractivity contribution < 1.29 is 18.0 Å². The van der Waals surface area contributed by atoms with Gasteiger partial charge >= 0.3 is 0 Å². The number of amides is 2. The summed E-state index contributed by atoms with van der Waals surface area (Å²) in [6.45, 7) is 4.32. The van der Waals surface area contributed by atoms with E-state index in [1.807, 2.05) is 6.07 Å². The third-order valence-corrected chi connectivity index (χ3v) is 7.31. The Balaban J connectivity index is 1.62. The molecule has 2 amide bonds. The first-order valence-electron chi connectivity index (χ1n) is 9.65. The van der Waals surface area contributed by atoms with Crippen LogP contribution in [0.1, 0.15) is 34.6 Å². The molecule has 154 valence electrons. The molecule has 0 aliphatic carbocycles. The first kappa shape index (κ1) is 20.1. The highest BCUT2D eigenvalue weighted by Crippen LogP contribution is 2.37. The predicted octanol–water partition coefficient (Wildman–Crippen LogP) is 3.69. The van der Waals surface area contributed by atoms with Crippen molar-refractivity contribution in [3.8, 4) is 0 Å². The molecule has 0 atom stereocenters. The van der Waals surface area contributed by atoms with E-state index >= 15 is 0 Å². The standard InChI is InChI=1S/C22H21N3O4S/c1-3-25(4-2)30(28,29)15-10-8-14(9-11-15)21(26)23-18-12-13-19-20-16(18)6-5-7-17(20)22(27)24-19/h5-13H,3-4H2,1-2H3,(H,23,26)(H,24,27). The first-order chi connectivity index (χ1) is 14.4. The van der Waals surface area contributed by atoms with E-state index in [2.05, 4.69) is 10.6 Å². The number of rotatable bonds is 6. The molecule has 30 heavy (non-hydrogen) atoms. The Labute approximate surface area is 174 Å². The minimum Gasteiger partial charge on any atom is -0.321 e. The number of nitrogens with zero attached hydrogens (tertiary/aromatic N) is 1. The molecule has 0 saturated carbocycles. The number of carbonyl (C=O) groups excluding carboxylic acids is 2. The minimum atomic E-state index is -3.58. The van der Waals surface area contributed by atoms with Gasteiger partial charge < -0.3 is 10.6 Å². The van der Waals surface area contributed by atoms with Crippen LogP contribution >= 0.6 is 0 Å². The van der Waals surface area contributed by atoms with E-state index in [1.54, 1.807) is 38.1 Å². The third-order valence-electron chi connectivity index (χ3n) is 5.24. The zero-order valence-corrected chi connectivity index (χ0v) is 17.4. The Hall–Kier alpha value is -3.23. The van der Waals surface area contributed by atoms with E-state index < -0.39 is 10.0 Å². The SMILES string of the molecule is CCN(CC)S(=O)(=O)c1ccc(C(=O)Nc2ccc3c4c(cccc24)C(=O)N3)cc1. The Kier molecular flexibility index (Phi) is 5.05. The maximum atomic E-state index is 12.8. The number of nitrogens with one attached hydrogen (secondary N) is 2. The predicted molar refractivity (Wildman–Crippen MR) is 116 cm³/mol. The molecule has 8 heteroatoms. The molecular weight excluding hydrogens is 402 g/mol. The van der Waals surface area contributed by atoms with Crippen LogP contribution in [-0.2, 0) is 10.0 Å². The van der Waals surface area contributed by atoms with Crippen LogP contribution in [0.25, 0.3) is 10.8 Å². The molecule has 0 bridgehead atoms. The molecule has 1 heterocycles. The van der Waals surface area contributed by atoms with Crippen LogP contribution in [0, 0.1) is 0 Å². The van der Waals surface area contributed by atoms with Gasteiger partial charge in [0.25, 0.3) is 11.8 Å². The van der Waals surface area contributed by atoms with Crippen molar-refractivity contribution in [3.05, 3.63) is 65.7 Å². The van der Waals surface area contributed by atoms with Gasteiger partial charge in [-0.05, 0) is 42.5 Å². The van der Waals surface area contributed by atoms with E-state index in [1.165, 1.54) is 28.6 Å². The lowest BCUT2D eigenvalue weighted by molar-refractivity contribution is 0.102. The van der Waals surface area contributed by atoms with Gasteiger partial charge in [-0.2, -0.15) is 4.31 Å². The monoisotopic (exact) mass is 423 g/mol. The van der Waals surface area contributed by atoms with Crippen molar-refractivity contribution in [2.24, 2.45) is 0 Å². The number of sulfonamides is 1. The van der Waals surface area contributed by atoms with Crippen LogP contribution in [0.2, 0.25) is 0 Å². The van der Waals surface area contributed by atoms with Crippen molar-refractivity contribution >= 4 is 44.0 Å². The second-order valence-corrected chi connectivity index (χ2v) is 8.85. The molecule has 0 saturated heterocycles. The zero-order chi connectivity index (χ0) is 21.5. The summed E-state index contributed by atoms with van der Waals surface area (Å²) in [6, 6.07) is 14.7. The Morgan fingerprint density at radius 3 is 2.37 bits per heavy atom. The van der Waals surface area contributed by atoms with Gasteiger partial charge in [0.15, 0.2) is 0 Å². The highest BCUT2D eigenvalue weighted by Gasteiger charge is 2.24. The molecule has 3 aromatic carbocycles. The average Bonchev–Trinajstić information content (AvgIpc) is 3.08. The number of carbonyl (C=O) groups is 2. The van der Waals surface area contributed by atoms with Gasteiger partial charge in [0.05, 0.1) is 4.90 Å². The van der Waals surface area contributed by atoms with Gasteiger partial charge in [-0.25, -0.2) is 8.42 Å². The second kappa shape index (κ2) is 7.55. The zero-order valence-electron chi connectivity index (χ0n) is 16.6. The summed E-state index contributed by atoms with van der Waals surface area (Å²) in [7, 11) is -3.58. The molecule has 0 radical (unpaired) electrons. The quantitative estimate of drug-likeness (QED) is 0.632. The summed E-state index contributed by atoms with van der Waals surface area (Å²) in [4.78, 5) is 25.0. The molecular formula is C22H21N3O4S. The van der Waals surface area contributed by atoms with Crippen molar-refractivity contribution in [2.75, 3.05) is 23.7 Å². The number of benzene rings is 3. The fraction of sp³-hybridized carbons (Fsp3) is 0.182. The molecule has 0 aromatic heterocycles. The first-order valence-corrected chi connectivity index (χ1v) is 11.1. The molecule has 0 spiro atoms. The lowest BCUT2D eigenvalue weighted by atomic mass is 10.0. The van der Waals surface area contributed by atoms with E-state index in [9.17, 15) is 18.0 Å². The lowest BCUT2D eigenvalue weighted by Crippen LogP contribution is -2.30. The van der Waals surface area contributed by atoms with Crippen molar-refractivity contribution in [2.45, 2.75) is 18.7 Å². The Morgan fingerprint density at radius 1 is 1.00 bits per heavy atom. The topological polar surface area (TPSA) is 95.6 Å². The van der Waals surface area contributed by atoms with Gasteiger partial charge in [-0.3, -0.25) is 9.59 Å². The summed E-state index contributed by atoms with van der Waals surface area (Å²) >= 11 is 0. The summed E-state index contributed by atoms with van der Waals surface area (Å²) in [6.07, 6.45) is 0. The van der Waals surface area contributed by atoms with Gasteiger partial charge in [0.2, 0.25) is 10.0 Å². The van der Waals surface area contributed by atoms with Crippen molar-refractivity contribution in [1.29, 1.82) is 0 Å². The van der Waals surface area contributed by atoms with E-state index in [-0.39, 0.29) is 16.7 Å². The van der Waals surface area contributed by atoms with E-state index in [0.29, 0.717) is 29.9 Å². The lowest BCUT2D eigenvalue weighted by Gasteiger charge is -2.18. The van der Waals surface area contributed by atoms with Crippen molar-refractivity contribution in [1.82, 2.24) is 4.31 Å². The van der Waals surface area contributed by atoms with Gasteiger partial charge in [0.1, 0.15) is 0 Å². The molecule has 3 aromatic rings. The van der Waals surface area contributed by atoms with Crippen LogP contribution < -0.4 is 10.6 Å². The molecule has 4 rings (SSSR count). The van der Waals surface area contributed by atoms with Crippen LogP contribution in [0.15, 0.2) is 59.5 Å². The summed E-state index contributed by atoms with van der Waals surface area (Å²) in [5.74, 6) is -0.524. The van der Waals surface area contributed by atoms with Crippen LogP contribution in [0.4, 0.5) is 11.4 Å². The molecule has 2 N–H and O–H groups in total. The summed E-state index contributed by atoms with van der Waals surface area (Å²) in [5, 5.41) is 7.21. The smallest absolute Gasteiger partial charge is 0.256 e. The fourth-order valence-electron chi connectivity index (χ4n) is 3.68. The van der Waals surface area contributed by atoms with E-state index in [0.717, 1.165) is 16.5 Å². The average molecular weight is 423 g/mol. The maximum Gasteiger partial charge on any atom is 0.256 e. The second-order valence-electron chi connectivity index (χ2n) is 6.91. The van der Waals surface area contributed by atoms with E-state index in [4.69, 9.17) is 0 Å². The maximum absolute atomic E-state index is 12.8. The Bertz CT molecular complexity index is 1260. The fourth-order valence-corrected chi connectivity index (χ4v) is 5.14. The summed E-state index contributed by atoms with van der Waals surface area (Å²) in [5.41, 5.74) is 2.21. The third kappa shape index (κ3) is 3.24. The van der Waals surface area contributed by atoms with Crippen LogP contribution in [0.3, 0.4) is 0 Å². The highest BCUT2D eigenvalue weighted by atomic mass is 32.2. The van der Waals surface area contributed by atoms with Gasteiger partial charge in [0, 0.05) is 46.4 Å². The highest BCUT2D eigenvalue weighted by molar-refractivity contribution is 7.89. The summed E-state index contributed by atoms with van der Waals surface area (Å²) < 4.78 is 26.6. The number of hydrogen-bond donors (Lipinski definition) is 2. The molecule has 1 aliphatic heterocycles.